The van der Waals surface area contributed by atoms with E-state index in [2.05, 4.69) is 28.4 Å². The number of esters is 2. The first-order valence-electron chi connectivity index (χ1n) is 12.9. The highest BCUT2D eigenvalue weighted by atomic mass is 16.5. The lowest BCUT2D eigenvalue weighted by atomic mass is 9.96. The molecule has 7 nitrogen and oxygen atoms in total. The zero-order chi connectivity index (χ0) is 27.4. The van der Waals surface area contributed by atoms with Crippen molar-refractivity contribution < 1.29 is 23.9 Å². The molecule has 0 fully saturated rings. The van der Waals surface area contributed by atoms with Gasteiger partial charge in [0, 0.05) is 23.7 Å². The van der Waals surface area contributed by atoms with Crippen molar-refractivity contribution >= 4 is 34.8 Å². The van der Waals surface area contributed by atoms with Gasteiger partial charge in [-0.3, -0.25) is 9.59 Å². The Balaban J connectivity index is 1.68. The van der Waals surface area contributed by atoms with Crippen LogP contribution in [0.5, 0.6) is 0 Å². The lowest BCUT2D eigenvalue weighted by Gasteiger charge is -2.27. The van der Waals surface area contributed by atoms with E-state index < -0.39 is 5.97 Å². The van der Waals surface area contributed by atoms with Crippen LogP contribution in [-0.2, 0) is 14.3 Å². The number of rotatable bonds is 9. The first kappa shape index (κ1) is 26.9. The van der Waals surface area contributed by atoms with Gasteiger partial charge in [-0.1, -0.05) is 37.3 Å². The maximum atomic E-state index is 12.8. The third-order valence-corrected chi connectivity index (χ3v) is 7.25. The molecule has 0 amide bonds. The Morgan fingerprint density at radius 3 is 2.32 bits per heavy atom. The molecule has 0 aromatic heterocycles. The van der Waals surface area contributed by atoms with Crippen molar-refractivity contribution in [1.29, 1.82) is 0 Å². The number of hydrogen-bond donors (Lipinski definition) is 0. The van der Waals surface area contributed by atoms with Gasteiger partial charge in [0.15, 0.2) is 5.78 Å². The quantitative estimate of drug-likeness (QED) is 0.245. The Hall–Kier alpha value is -4.13. The van der Waals surface area contributed by atoms with Gasteiger partial charge >= 0.3 is 11.9 Å². The van der Waals surface area contributed by atoms with Crippen LogP contribution in [0.1, 0.15) is 59.4 Å². The van der Waals surface area contributed by atoms with Crippen LogP contribution in [0.2, 0.25) is 0 Å². The van der Waals surface area contributed by atoms with Gasteiger partial charge in [0.25, 0.3) is 0 Å². The monoisotopic (exact) mass is 514 g/mol. The molecule has 38 heavy (non-hydrogen) atoms. The minimum atomic E-state index is -0.395. The van der Waals surface area contributed by atoms with Crippen LogP contribution >= 0.6 is 0 Å². The van der Waals surface area contributed by atoms with Crippen LogP contribution in [0.4, 0.5) is 17.1 Å². The molecular formula is C31H34N2O5. The summed E-state index contributed by atoms with van der Waals surface area (Å²) < 4.78 is 9.71. The molecule has 0 bridgehead atoms. The van der Waals surface area contributed by atoms with E-state index in [9.17, 15) is 14.4 Å². The van der Waals surface area contributed by atoms with Crippen molar-refractivity contribution in [3.63, 3.8) is 0 Å². The summed E-state index contributed by atoms with van der Waals surface area (Å²) in [4.78, 5) is 41.4. The topological polar surface area (TPSA) is 76.2 Å². The number of ether oxygens (including phenoxy) is 2. The van der Waals surface area contributed by atoms with Gasteiger partial charge in [0.05, 0.1) is 44.2 Å². The minimum absolute atomic E-state index is 0.0586. The van der Waals surface area contributed by atoms with Gasteiger partial charge in [0.2, 0.25) is 0 Å². The average molecular weight is 515 g/mol. The number of anilines is 3. The summed E-state index contributed by atoms with van der Waals surface area (Å²) in [7, 11) is 2.72. The van der Waals surface area contributed by atoms with Crippen LogP contribution in [0, 0.1) is 6.92 Å². The van der Waals surface area contributed by atoms with Crippen molar-refractivity contribution in [2.45, 2.75) is 46.1 Å². The van der Waals surface area contributed by atoms with E-state index >= 15 is 0 Å². The molecule has 0 radical (unpaired) electrons. The highest BCUT2D eigenvalue weighted by Crippen LogP contribution is 2.43. The SMILES string of the molecule is CCC(C)N1CN(c2ccc(-c3cccc(C)c3C(=O)OC)cc2)c2cc(C(=O)CCC(=O)OC)ccc21. The molecule has 0 aliphatic carbocycles. The lowest BCUT2D eigenvalue weighted by Crippen LogP contribution is -2.34. The van der Waals surface area contributed by atoms with Gasteiger partial charge < -0.3 is 19.3 Å². The average Bonchev–Trinajstić information content (AvgIpc) is 3.33. The number of nitrogens with zero attached hydrogens (tertiary/aromatic N) is 2. The maximum Gasteiger partial charge on any atom is 0.338 e. The normalized spacial score (nSPS) is 13.2. The summed E-state index contributed by atoms with van der Waals surface area (Å²) in [5.41, 5.74) is 6.74. The van der Waals surface area contributed by atoms with Gasteiger partial charge in [-0.05, 0) is 67.3 Å². The Morgan fingerprint density at radius 1 is 0.921 bits per heavy atom. The van der Waals surface area contributed by atoms with Crippen LogP contribution < -0.4 is 9.80 Å². The summed E-state index contributed by atoms with van der Waals surface area (Å²) in [5, 5.41) is 0. The van der Waals surface area contributed by atoms with Crippen molar-refractivity contribution in [3.8, 4) is 11.1 Å². The van der Waals surface area contributed by atoms with Crippen LogP contribution in [0.15, 0.2) is 60.7 Å². The third-order valence-electron chi connectivity index (χ3n) is 7.25. The highest BCUT2D eigenvalue weighted by Gasteiger charge is 2.30. The van der Waals surface area contributed by atoms with Gasteiger partial charge in [-0.25, -0.2) is 4.79 Å². The standard InChI is InChI=1S/C31H34N2O5/c1-6-21(3)32-19-33(27-18-23(12-15-26(27)32)28(34)16-17-29(35)37-4)24-13-10-22(11-14-24)25-9-7-8-20(2)30(25)31(36)38-5/h7-15,18,21H,6,16-17,19H2,1-5H3. The number of Topliss-reactive ketones (excluding diaryl/α,β-unsaturated/α-hetero) is 1. The summed E-state index contributed by atoms with van der Waals surface area (Å²) in [6.45, 7) is 6.91. The maximum absolute atomic E-state index is 12.8. The molecule has 0 spiro atoms. The zero-order valence-electron chi connectivity index (χ0n) is 22.6. The fourth-order valence-electron chi connectivity index (χ4n) is 4.84. The van der Waals surface area contributed by atoms with E-state index in [1.165, 1.54) is 14.2 Å². The Bertz CT molecular complexity index is 1350. The van der Waals surface area contributed by atoms with E-state index in [-0.39, 0.29) is 24.6 Å². The molecule has 1 unspecified atom stereocenters. The molecular weight excluding hydrogens is 480 g/mol. The van der Waals surface area contributed by atoms with Gasteiger partial charge in [-0.15, -0.1) is 0 Å². The second-order valence-electron chi connectivity index (χ2n) is 9.54. The largest absolute Gasteiger partial charge is 0.469 e. The summed E-state index contributed by atoms with van der Waals surface area (Å²) >= 11 is 0. The molecule has 1 heterocycles. The molecule has 1 aliphatic rings. The molecule has 0 saturated heterocycles. The molecule has 7 heteroatoms. The van der Waals surface area contributed by atoms with Crippen LogP contribution in [0.25, 0.3) is 11.1 Å². The predicted molar refractivity (Wildman–Crippen MR) is 149 cm³/mol. The fraction of sp³-hybridized carbons (Fsp3) is 0.323. The van der Waals surface area contributed by atoms with Crippen molar-refractivity contribution in [2.75, 3.05) is 30.7 Å². The molecule has 4 rings (SSSR count). The molecule has 3 aromatic carbocycles. The Morgan fingerprint density at radius 2 is 1.66 bits per heavy atom. The lowest BCUT2D eigenvalue weighted by molar-refractivity contribution is -0.140. The van der Waals surface area contributed by atoms with Crippen LogP contribution in [-0.4, -0.2) is 44.7 Å². The first-order chi connectivity index (χ1) is 18.3. The second-order valence-corrected chi connectivity index (χ2v) is 9.54. The fourth-order valence-corrected chi connectivity index (χ4v) is 4.84. The second kappa shape index (κ2) is 11.5. The highest BCUT2D eigenvalue weighted by molar-refractivity contribution is 6.01. The van der Waals surface area contributed by atoms with E-state index in [4.69, 9.17) is 4.74 Å². The van der Waals surface area contributed by atoms with Crippen molar-refractivity contribution in [3.05, 3.63) is 77.4 Å². The predicted octanol–water partition coefficient (Wildman–Crippen LogP) is 6.30. The molecule has 198 valence electrons. The number of carbonyl (C=O) groups is 3. The van der Waals surface area contributed by atoms with Crippen molar-refractivity contribution in [2.24, 2.45) is 0 Å². The van der Waals surface area contributed by atoms with E-state index in [0.717, 1.165) is 40.2 Å². The number of fused-ring (bicyclic) bond motifs is 1. The van der Waals surface area contributed by atoms with Gasteiger partial charge in [-0.2, -0.15) is 0 Å². The Kier molecular flexibility index (Phi) is 8.15. The first-order valence-corrected chi connectivity index (χ1v) is 12.9. The number of benzene rings is 3. The summed E-state index contributed by atoms with van der Waals surface area (Å²) in [6, 6.07) is 19.9. The van der Waals surface area contributed by atoms with E-state index in [1.54, 1.807) is 0 Å². The summed E-state index contributed by atoms with van der Waals surface area (Å²) in [5.74, 6) is -0.845. The third kappa shape index (κ3) is 5.28. The Labute approximate surface area is 224 Å². The van der Waals surface area contributed by atoms with Gasteiger partial charge in [0.1, 0.15) is 0 Å². The number of carbonyl (C=O) groups excluding carboxylic acids is 3. The van der Waals surface area contributed by atoms with E-state index in [0.29, 0.717) is 23.8 Å². The smallest absolute Gasteiger partial charge is 0.338 e. The van der Waals surface area contributed by atoms with E-state index in [1.807, 2.05) is 67.6 Å². The number of aryl methyl sites for hydroxylation is 1. The molecule has 0 saturated carbocycles. The molecule has 3 aromatic rings. The number of ketones is 1. The molecule has 0 N–H and O–H groups in total. The molecule has 1 atom stereocenters. The number of methoxy groups -OCH3 is 2. The number of hydrogen-bond acceptors (Lipinski definition) is 7. The zero-order valence-corrected chi connectivity index (χ0v) is 22.6. The summed E-state index contributed by atoms with van der Waals surface area (Å²) in [6.07, 6.45) is 1.15. The van der Waals surface area contributed by atoms with Crippen molar-refractivity contribution in [1.82, 2.24) is 0 Å². The minimum Gasteiger partial charge on any atom is -0.469 e. The molecule has 1 aliphatic heterocycles. The van der Waals surface area contributed by atoms with Crippen LogP contribution in [0.3, 0.4) is 0 Å².